The Morgan fingerprint density at radius 1 is 1.14 bits per heavy atom. The lowest BCUT2D eigenvalue weighted by Crippen LogP contribution is -2.09. The summed E-state index contributed by atoms with van der Waals surface area (Å²) in [5.41, 5.74) is 1.28. The van der Waals surface area contributed by atoms with Crippen molar-refractivity contribution in [3.63, 3.8) is 0 Å². The summed E-state index contributed by atoms with van der Waals surface area (Å²) >= 11 is 0. The number of ketones is 1. The van der Waals surface area contributed by atoms with Crippen LogP contribution in [0, 0.1) is 0 Å². The molecule has 0 radical (unpaired) electrons. The van der Waals surface area contributed by atoms with Crippen LogP contribution in [-0.4, -0.2) is 16.9 Å². The van der Waals surface area contributed by atoms with Gasteiger partial charge in [0.1, 0.15) is 5.58 Å². The Morgan fingerprint density at radius 3 is 2.62 bits per heavy atom. The molecule has 2 heterocycles. The van der Waals surface area contributed by atoms with Gasteiger partial charge in [0.2, 0.25) is 5.78 Å². The SMILES string of the molecule is CC(C(=O)O)c1cc(C(=O)c2ccco2)c2occc2c1. The predicted octanol–water partition coefficient (Wildman–Crippen LogP) is 3.44. The largest absolute Gasteiger partial charge is 0.481 e. The van der Waals surface area contributed by atoms with E-state index in [0.29, 0.717) is 22.1 Å². The average Bonchev–Trinajstić information content (AvgIpc) is 3.15. The first-order valence-electron chi connectivity index (χ1n) is 6.40. The van der Waals surface area contributed by atoms with Crippen LogP contribution < -0.4 is 0 Å². The molecule has 1 N–H and O–H groups in total. The summed E-state index contributed by atoms with van der Waals surface area (Å²) in [6.07, 6.45) is 2.88. The van der Waals surface area contributed by atoms with E-state index in [1.54, 1.807) is 37.3 Å². The number of aliphatic carboxylic acids is 1. The van der Waals surface area contributed by atoms with Crippen molar-refractivity contribution in [1.29, 1.82) is 0 Å². The van der Waals surface area contributed by atoms with E-state index in [9.17, 15) is 9.59 Å². The van der Waals surface area contributed by atoms with Gasteiger partial charge >= 0.3 is 5.97 Å². The zero-order chi connectivity index (χ0) is 15.0. The highest BCUT2D eigenvalue weighted by molar-refractivity contribution is 6.14. The minimum Gasteiger partial charge on any atom is -0.481 e. The van der Waals surface area contributed by atoms with Gasteiger partial charge in [0.05, 0.1) is 24.0 Å². The van der Waals surface area contributed by atoms with Gasteiger partial charge in [0.25, 0.3) is 0 Å². The normalized spacial score (nSPS) is 12.4. The molecular formula is C16H12O5. The molecule has 0 spiro atoms. The molecule has 5 heteroatoms. The highest BCUT2D eigenvalue weighted by Gasteiger charge is 2.22. The van der Waals surface area contributed by atoms with Crippen LogP contribution in [-0.2, 0) is 4.79 Å². The number of hydrogen-bond donors (Lipinski definition) is 1. The zero-order valence-electron chi connectivity index (χ0n) is 11.2. The number of furan rings is 2. The van der Waals surface area contributed by atoms with E-state index in [-0.39, 0.29) is 11.5 Å². The molecule has 1 atom stereocenters. The smallest absolute Gasteiger partial charge is 0.310 e. The summed E-state index contributed by atoms with van der Waals surface area (Å²) in [6, 6.07) is 8.15. The van der Waals surface area contributed by atoms with Crippen molar-refractivity contribution in [3.8, 4) is 0 Å². The number of hydrogen-bond acceptors (Lipinski definition) is 4. The third-order valence-electron chi connectivity index (χ3n) is 3.43. The molecule has 0 aliphatic carbocycles. The van der Waals surface area contributed by atoms with E-state index in [4.69, 9.17) is 13.9 Å². The predicted molar refractivity (Wildman–Crippen MR) is 74.4 cm³/mol. The lowest BCUT2D eigenvalue weighted by Gasteiger charge is -2.09. The Labute approximate surface area is 119 Å². The summed E-state index contributed by atoms with van der Waals surface area (Å²) in [4.78, 5) is 23.6. The maximum absolute atomic E-state index is 12.5. The van der Waals surface area contributed by atoms with E-state index in [2.05, 4.69) is 0 Å². The first-order valence-corrected chi connectivity index (χ1v) is 6.40. The summed E-state index contributed by atoms with van der Waals surface area (Å²) in [7, 11) is 0. The molecular weight excluding hydrogens is 272 g/mol. The molecule has 0 aliphatic heterocycles. The molecule has 0 saturated heterocycles. The van der Waals surface area contributed by atoms with Gasteiger partial charge in [-0.2, -0.15) is 0 Å². The first-order chi connectivity index (χ1) is 10.1. The summed E-state index contributed by atoms with van der Waals surface area (Å²) in [5.74, 6) is -1.81. The quantitative estimate of drug-likeness (QED) is 0.742. The number of carbonyl (C=O) groups excluding carboxylic acids is 1. The third kappa shape index (κ3) is 2.23. The second-order valence-electron chi connectivity index (χ2n) is 4.77. The Morgan fingerprint density at radius 2 is 1.95 bits per heavy atom. The minimum atomic E-state index is -0.950. The van der Waals surface area contributed by atoms with Gasteiger partial charge in [0, 0.05) is 5.39 Å². The van der Waals surface area contributed by atoms with Crippen molar-refractivity contribution in [1.82, 2.24) is 0 Å². The Bertz CT molecular complexity index is 810. The number of benzene rings is 1. The summed E-state index contributed by atoms with van der Waals surface area (Å²) in [6.45, 7) is 1.57. The van der Waals surface area contributed by atoms with Crippen LogP contribution in [0.15, 0.2) is 51.7 Å². The lowest BCUT2D eigenvalue weighted by molar-refractivity contribution is -0.138. The molecule has 0 bridgehead atoms. The fourth-order valence-electron chi connectivity index (χ4n) is 2.21. The van der Waals surface area contributed by atoms with Crippen molar-refractivity contribution < 1.29 is 23.5 Å². The van der Waals surface area contributed by atoms with Gasteiger partial charge in [-0.1, -0.05) is 0 Å². The van der Waals surface area contributed by atoms with Gasteiger partial charge in [-0.05, 0) is 42.8 Å². The molecule has 5 nitrogen and oxygen atoms in total. The minimum absolute atomic E-state index is 0.188. The van der Waals surface area contributed by atoms with Crippen LogP contribution in [0.3, 0.4) is 0 Å². The molecule has 3 aromatic rings. The molecule has 0 fully saturated rings. The van der Waals surface area contributed by atoms with Gasteiger partial charge in [-0.3, -0.25) is 9.59 Å². The molecule has 2 aromatic heterocycles. The van der Waals surface area contributed by atoms with E-state index in [1.165, 1.54) is 12.5 Å². The highest BCUT2D eigenvalue weighted by Crippen LogP contribution is 2.28. The monoisotopic (exact) mass is 284 g/mol. The number of rotatable bonds is 4. The molecule has 21 heavy (non-hydrogen) atoms. The summed E-state index contributed by atoms with van der Waals surface area (Å²) in [5, 5.41) is 9.83. The van der Waals surface area contributed by atoms with E-state index in [1.807, 2.05) is 0 Å². The second-order valence-corrected chi connectivity index (χ2v) is 4.77. The number of carbonyl (C=O) groups is 2. The standard InChI is InChI=1S/C16H12O5/c1-9(16(18)19)11-7-10-4-6-21-15(10)12(8-11)14(17)13-3-2-5-20-13/h2-9H,1H3,(H,18,19). The maximum Gasteiger partial charge on any atom is 0.310 e. The Balaban J connectivity index is 2.18. The van der Waals surface area contributed by atoms with E-state index >= 15 is 0 Å². The van der Waals surface area contributed by atoms with Crippen LogP contribution in [0.1, 0.15) is 34.5 Å². The van der Waals surface area contributed by atoms with Crippen LogP contribution in [0.4, 0.5) is 0 Å². The fourth-order valence-corrected chi connectivity index (χ4v) is 2.21. The van der Waals surface area contributed by atoms with Crippen LogP contribution in [0.5, 0.6) is 0 Å². The first kappa shape index (κ1) is 13.2. The molecule has 1 unspecified atom stereocenters. The van der Waals surface area contributed by atoms with E-state index in [0.717, 1.165) is 0 Å². The second kappa shape index (κ2) is 4.94. The number of carboxylic acids is 1. The lowest BCUT2D eigenvalue weighted by atomic mass is 9.95. The average molecular weight is 284 g/mol. The van der Waals surface area contributed by atoms with Gasteiger partial charge in [0.15, 0.2) is 5.76 Å². The molecule has 1 aromatic carbocycles. The van der Waals surface area contributed by atoms with Crippen LogP contribution >= 0.6 is 0 Å². The Hall–Kier alpha value is -2.82. The maximum atomic E-state index is 12.5. The highest BCUT2D eigenvalue weighted by atomic mass is 16.4. The van der Waals surface area contributed by atoms with Gasteiger partial charge < -0.3 is 13.9 Å². The topological polar surface area (TPSA) is 80.6 Å². The molecule has 0 amide bonds. The van der Waals surface area contributed by atoms with Gasteiger partial charge in [-0.15, -0.1) is 0 Å². The van der Waals surface area contributed by atoms with Crippen LogP contribution in [0.2, 0.25) is 0 Å². The Kier molecular flexibility index (Phi) is 3.10. The van der Waals surface area contributed by atoms with E-state index < -0.39 is 11.9 Å². The van der Waals surface area contributed by atoms with Crippen molar-refractivity contribution in [3.05, 3.63) is 59.7 Å². The molecule has 3 rings (SSSR count). The van der Waals surface area contributed by atoms with Crippen molar-refractivity contribution in [2.75, 3.05) is 0 Å². The molecule has 106 valence electrons. The third-order valence-corrected chi connectivity index (χ3v) is 3.43. The number of carboxylic acid groups (broad SMARTS) is 1. The number of fused-ring (bicyclic) bond motifs is 1. The molecule has 0 saturated carbocycles. The fraction of sp³-hybridized carbons (Fsp3) is 0.125. The van der Waals surface area contributed by atoms with Crippen LogP contribution in [0.25, 0.3) is 11.0 Å². The zero-order valence-corrected chi connectivity index (χ0v) is 11.2. The summed E-state index contributed by atoms with van der Waals surface area (Å²) < 4.78 is 10.5. The van der Waals surface area contributed by atoms with Crippen molar-refractivity contribution >= 4 is 22.7 Å². The van der Waals surface area contributed by atoms with Gasteiger partial charge in [-0.25, -0.2) is 0 Å². The van der Waals surface area contributed by atoms with Crippen molar-refractivity contribution in [2.24, 2.45) is 0 Å². The molecule has 0 aliphatic rings. The van der Waals surface area contributed by atoms with Crippen molar-refractivity contribution in [2.45, 2.75) is 12.8 Å².